The zero-order valence-electron chi connectivity index (χ0n) is 21.9. The summed E-state index contributed by atoms with van der Waals surface area (Å²) < 4.78 is 52.4. The lowest BCUT2D eigenvalue weighted by molar-refractivity contribution is 0.587. The maximum absolute atomic E-state index is 12.6. The number of hydrogen-bond donors (Lipinski definition) is 4. The highest BCUT2D eigenvalue weighted by molar-refractivity contribution is 7.90. The second kappa shape index (κ2) is 15.2. The minimum atomic E-state index is -3.76. The van der Waals surface area contributed by atoms with Crippen molar-refractivity contribution in [3.63, 3.8) is 0 Å². The second-order valence-electron chi connectivity index (χ2n) is 8.10. The molecule has 7 N–H and O–H groups in total. The van der Waals surface area contributed by atoms with Gasteiger partial charge in [0.15, 0.2) is 17.1 Å². The van der Waals surface area contributed by atoms with Gasteiger partial charge in [-0.25, -0.2) is 46.7 Å². The lowest BCUT2D eigenvalue weighted by atomic mass is 10.4. The van der Waals surface area contributed by atoms with E-state index in [0.29, 0.717) is 10.8 Å². The van der Waals surface area contributed by atoms with Crippen molar-refractivity contribution >= 4 is 82.7 Å². The molecular formula is C25H27Cl3N10O5S2. The molecule has 0 bridgehead atoms. The van der Waals surface area contributed by atoms with Crippen LogP contribution >= 0.6 is 34.8 Å². The highest BCUT2D eigenvalue weighted by Crippen LogP contribution is 2.27. The Balaban J connectivity index is 0.000000411. The molecule has 0 amide bonds. The summed E-state index contributed by atoms with van der Waals surface area (Å²) >= 11 is 17.5. The molecule has 6 rings (SSSR count). The molecule has 0 aliphatic carbocycles. The topological polar surface area (TPSA) is 247 Å². The monoisotopic (exact) mass is 716 g/mol. The maximum Gasteiger partial charge on any atom is 0.269 e. The highest BCUT2D eigenvalue weighted by Gasteiger charge is 2.22. The van der Waals surface area contributed by atoms with Gasteiger partial charge < -0.3 is 10.9 Å². The molecule has 0 saturated carbocycles. The summed E-state index contributed by atoms with van der Waals surface area (Å²) in [6.45, 7) is 0. The van der Waals surface area contributed by atoms with Crippen LogP contribution in [-0.2, 0) is 20.0 Å². The average Bonchev–Trinajstić information content (AvgIpc) is 3.65. The Morgan fingerprint density at radius 2 is 1.07 bits per heavy atom. The number of rotatable bonds is 5. The Kier molecular flexibility index (Phi) is 12.5. The van der Waals surface area contributed by atoms with E-state index in [1.54, 1.807) is 42.5 Å². The van der Waals surface area contributed by atoms with Crippen LogP contribution in [0.25, 0.3) is 22.1 Å². The number of nitrogens with zero attached hydrogens (tertiary/aromatic N) is 6. The van der Waals surface area contributed by atoms with Crippen LogP contribution < -0.4 is 11.3 Å². The first-order valence-corrected chi connectivity index (χ1v) is 15.6. The smallest absolute Gasteiger partial charge is 0.269 e. The van der Waals surface area contributed by atoms with Gasteiger partial charge in [0, 0.05) is 13.8 Å². The first-order valence-electron chi connectivity index (χ1n) is 11.6. The normalized spacial score (nSPS) is 10.8. The fourth-order valence-corrected chi connectivity index (χ4v) is 7.04. The number of nitrogen functional groups attached to an aromatic ring is 1. The van der Waals surface area contributed by atoms with Crippen LogP contribution in [0.4, 0.5) is 5.82 Å². The van der Waals surface area contributed by atoms with E-state index in [1.165, 1.54) is 42.7 Å². The van der Waals surface area contributed by atoms with Crippen molar-refractivity contribution in [1.29, 1.82) is 11.1 Å². The van der Waals surface area contributed by atoms with E-state index >= 15 is 0 Å². The summed E-state index contributed by atoms with van der Waals surface area (Å²) in [5, 5.41) is 0.795. The van der Waals surface area contributed by atoms with Crippen LogP contribution in [0.3, 0.4) is 0 Å². The van der Waals surface area contributed by atoms with E-state index in [-0.39, 0.29) is 57.0 Å². The molecule has 0 aliphatic rings. The minimum absolute atomic E-state index is 0. The van der Waals surface area contributed by atoms with Crippen molar-refractivity contribution in [1.82, 2.24) is 27.9 Å². The standard InChI is InChI=1S/C12H7Cl2N3O2S.C12H10ClN5O2S.CH4.H2N2.H2O.H2/c13-10-9-6-7-17(11(9)16-12(14)15-10)20(18,19)8-4-2-1-3-5-8;13-12-15-10(17-14)9-6-7-18(11(9)16-12)21(19,20)8-4-2-1-3-5-8;;1-2;;/h1-7H;1-7H,14H2,(H,15,16,17);1H4;1-2H;1H2;1H. The van der Waals surface area contributed by atoms with Crippen molar-refractivity contribution in [2.75, 3.05) is 5.43 Å². The minimum Gasteiger partial charge on any atom is -0.412 e. The van der Waals surface area contributed by atoms with E-state index in [0.717, 1.165) is 7.94 Å². The van der Waals surface area contributed by atoms with E-state index in [9.17, 15) is 16.8 Å². The second-order valence-corrected chi connectivity index (χ2v) is 12.8. The molecule has 0 atom stereocenters. The van der Waals surface area contributed by atoms with Crippen LogP contribution in [0.1, 0.15) is 8.85 Å². The Morgan fingerprint density at radius 1 is 0.667 bits per heavy atom. The van der Waals surface area contributed by atoms with Gasteiger partial charge in [-0.15, -0.1) is 0 Å². The predicted molar refractivity (Wildman–Crippen MR) is 174 cm³/mol. The Morgan fingerprint density at radius 3 is 1.51 bits per heavy atom. The number of anilines is 1. The molecular weight excluding hydrogens is 691 g/mol. The molecule has 4 heterocycles. The van der Waals surface area contributed by atoms with Gasteiger partial charge in [-0.3, -0.25) is 0 Å². The maximum atomic E-state index is 12.6. The number of hydrazine groups is 1. The average molecular weight is 718 g/mol. The van der Waals surface area contributed by atoms with Gasteiger partial charge in [0.2, 0.25) is 10.6 Å². The lowest BCUT2D eigenvalue weighted by Gasteiger charge is -2.07. The number of aromatic nitrogens is 6. The number of nitrogens with one attached hydrogen (secondary N) is 3. The molecule has 45 heavy (non-hydrogen) atoms. The highest BCUT2D eigenvalue weighted by atomic mass is 35.5. The van der Waals surface area contributed by atoms with Crippen LogP contribution in [0, 0.1) is 11.1 Å². The van der Waals surface area contributed by atoms with Crippen molar-refractivity contribution in [3.8, 4) is 0 Å². The molecule has 240 valence electrons. The Hall–Kier alpha value is -4.23. The number of hydrogen-bond acceptors (Lipinski definition) is 12. The first-order chi connectivity index (χ1) is 20.5. The summed E-state index contributed by atoms with van der Waals surface area (Å²) in [6.07, 6.45) is 2.77. The summed E-state index contributed by atoms with van der Waals surface area (Å²) in [5.74, 6) is 5.61. The zero-order valence-corrected chi connectivity index (χ0v) is 25.8. The number of halogens is 3. The van der Waals surface area contributed by atoms with Crippen molar-refractivity contribution < 1.29 is 23.7 Å². The largest absolute Gasteiger partial charge is 0.412 e. The molecule has 0 radical (unpaired) electrons. The van der Waals surface area contributed by atoms with Crippen molar-refractivity contribution in [3.05, 3.63) is 101 Å². The van der Waals surface area contributed by atoms with Crippen LogP contribution in [0.15, 0.2) is 95.0 Å². The van der Waals surface area contributed by atoms with Gasteiger partial charge in [-0.05, 0) is 59.6 Å². The van der Waals surface area contributed by atoms with Crippen molar-refractivity contribution in [2.45, 2.75) is 17.2 Å². The number of fused-ring (bicyclic) bond motifs is 2. The van der Waals surface area contributed by atoms with E-state index < -0.39 is 20.0 Å². The predicted octanol–water partition coefficient (Wildman–Crippen LogP) is 5.24. The third kappa shape index (κ3) is 7.36. The molecule has 4 aromatic heterocycles. The lowest BCUT2D eigenvalue weighted by Crippen LogP contribution is -2.13. The molecule has 0 saturated heterocycles. The molecule has 0 spiro atoms. The third-order valence-corrected chi connectivity index (χ3v) is 9.64. The van der Waals surface area contributed by atoms with Gasteiger partial charge in [0.25, 0.3) is 20.0 Å². The van der Waals surface area contributed by atoms with Gasteiger partial charge in [-0.2, -0.15) is 15.0 Å². The molecule has 0 unspecified atom stereocenters. The summed E-state index contributed by atoms with van der Waals surface area (Å²) in [4.78, 5) is 15.9. The fourth-order valence-electron chi connectivity index (χ4n) is 3.81. The van der Waals surface area contributed by atoms with E-state index in [2.05, 4.69) is 25.4 Å². The summed E-state index contributed by atoms with van der Waals surface area (Å²) in [6, 6.07) is 19.2. The summed E-state index contributed by atoms with van der Waals surface area (Å²) in [7, 11) is -7.51. The summed E-state index contributed by atoms with van der Waals surface area (Å²) in [5.41, 5.74) is 12.7. The molecule has 6 aromatic rings. The van der Waals surface area contributed by atoms with Gasteiger partial charge in [0.1, 0.15) is 5.15 Å². The number of benzene rings is 2. The molecule has 0 fully saturated rings. The van der Waals surface area contributed by atoms with Crippen LogP contribution in [0.2, 0.25) is 15.7 Å². The fraction of sp³-hybridized carbons (Fsp3) is 0.0400. The Bertz CT molecular complexity index is 2140. The van der Waals surface area contributed by atoms with Crippen LogP contribution in [0.5, 0.6) is 0 Å². The number of nitrogens with two attached hydrogens (primary N) is 1. The van der Waals surface area contributed by atoms with E-state index in [4.69, 9.17) is 51.7 Å². The molecule has 15 nitrogen and oxygen atoms in total. The molecule has 20 heteroatoms. The van der Waals surface area contributed by atoms with Crippen molar-refractivity contribution in [2.24, 2.45) is 5.84 Å². The zero-order chi connectivity index (χ0) is 31.4. The third-order valence-electron chi connectivity index (χ3n) is 5.66. The van der Waals surface area contributed by atoms with Gasteiger partial charge >= 0.3 is 0 Å². The molecule has 0 aliphatic heterocycles. The first kappa shape index (κ1) is 37.0. The van der Waals surface area contributed by atoms with Gasteiger partial charge in [0.05, 0.1) is 20.6 Å². The quantitative estimate of drug-likeness (QED) is 0.0594. The molecule has 2 aromatic carbocycles. The Labute approximate surface area is 273 Å². The van der Waals surface area contributed by atoms with Gasteiger partial charge in [-0.1, -0.05) is 55.4 Å². The SMILES string of the molecule is C.N=N.NNc1nc(Cl)nc2c1ccn2S(=O)(=O)c1ccccc1.O.O=S(=O)(c1ccccc1)n1ccc2c(Cl)nc(Cl)nc21.[HH]. The van der Waals surface area contributed by atoms with E-state index in [1.807, 2.05) is 0 Å². The van der Waals surface area contributed by atoms with Crippen LogP contribution in [-0.4, -0.2) is 50.2 Å².